The number of hydrogen-bond acceptors (Lipinski definition) is 4. The molecule has 21 heavy (non-hydrogen) atoms. The third kappa shape index (κ3) is 5.12. The summed E-state index contributed by atoms with van der Waals surface area (Å²) in [4.78, 5) is 14.3. The summed E-state index contributed by atoms with van der Waals surface area (Å²) in [6.45, 7) is 5.43. The molecular weight excluding hydrogens is 266 g/mol. The number of hydrogen-bond donors (Lipinski definition) is 2. The summed E-state index contributed by atoms with van der Waals surface area (Å²) in [7, 11) is 0. The van der Waals surface area contributed by atoms with Crippen LogP contribution in [0.25, 0.3) is 0 Å². The van der Waals surface area contributed by atoms with Crippen molar-refractivity contribution in [1.29, 1.82) is 0 Å². The molecule has 1 aromatic carbocycles. The van der Waals surface area contributed by atoms with E-state index in [-0.39, 0.29) is 12.0 Å². The fourth-order valence-corrected chi connectivity index (χ4v) is 2.71. The van der Waals surface area contributed by atoms with E-state index in [1.54, 1.807) is 0 Å². The number of ether oxygens (including phenoxy) is 1. The number of carbonyl (C=O) groups is 1. The van der Waals surface area contributed by atoms with Crippen molar-refractivity contribution in [3.05, 3.63) is 29.8 Å². The maximum absolute atomic E-state index is 12.1. The fourth-order valence-electron chi connectivity index (χ4n) is 2.71. The molecule has 1 aliphatic rings. The Labute approximate surface area is 126 Å². The average Bonchev–Trinajstić information content (AvgIpc) is 2.48. The van der Waals surface area contributed by atoms with Gasteiger partial charge in [-0.2, -0.15) is 0 Å². The van der Waals surface area contributed by atoms with E-state index >= 15 is 0 Å². The first-order valence-electron chi connectivity index (χ1n) is 7.64. The van der Waals surface area contributed by atoms with Crippen LogP contribution in [-0.2, 0) is 16.1 Å². The number of rotatable bonds is 6. The van der Waals surface area contributed by atoms with Crippen molar-refractivity contribution < 1.29 is 9.53 Å². The Kier molecular flexibility index (Phi) is 6.17. The first kappa shape index (κ1) is 15.9. The number of benzene rings is 1. The quantitative estimate of drug-likeness (QED) is 0.835. The molecule has 0 radical (unpaired) electrons. The Bertz CT molecular complexity index is 463. The highest BCUT2D eigenvalue weighted by Crippen LogP contribution is 2.14. The highest BCUT2D eigenvalue weighted by Gasteiger charge is 2.21. The lowest BCUT2D eigenvalue weighted by Gasteiger charge is -2.31. The van der Waals surface area contributed by atoms with Gasteiger partial charge < -0.3 is 15.8 Å². The molecule has 2 rings (SSSR count). The van der Waals surface area contributed by atoms with Gasteiger partial charge in [0, 0.05) is 25.4 Å². The average molecular weight is 291 g/mol. The van der Waals surface area contributed by atoms with Crippen LogP contribution in [0, 0.1) is 0 Å². The molecule has 1 aromatic rings. The lowest BCUT2D eigenvalue weighted by Crippen LogP contribution is -2.43. The zero-order valence-electron chi connectivity index (χ0n) is 12.7. The number of amides is 1. The predicted molar refractivity (Wildman–Crippen MR) is 84.1 cm³/mol. The van der Waals surface area contributed by atoms with Crippen molar-refractivity contribution in [3.63, 3.8) is 0 Å². The van der Waals surface area contributed by atoms with E-state index in [1.807, 2.05) is 31.2 Å². The molecule has 0 spiro atoms. The number of nitrogens with zero attached hydrogens (tertiary/aromatic N) is 1. The molecule has 5 heteroatoms. The molecule has 1 amide bonds. The molecule has 0 bridgehead atoms. The molecule has 1 fully saturated rings. The minimum Gasteiger partial charge on any atom is -0.377 e. The highest BCUT2D eigenvalue weighted by atomic mass is 16.5. The van der Waals surface area contributed by atoms with Gasteiger partial charge in [0.05, 0.1) is 12.6 Å². The van der Waals surface area contributed by atoms with Gasteiger partial charge in [-0.15, -0.1) is 0 Å². The van der Waals surface area contributed by atoms with Crippen LogP contribution in [0.4, 0.5) is 5.69 Å². The fraction of sp³-hybridized carbons (Fsp3) is 0.562. The Balaban J connectivity index is 1.83. The van der Waals surface area contributed by atoms with Crippen LogP contribution in [0.15, 0.2) is 24.3 Å². The third-order valence-corrected chi connectivity index (χ3v) is 3.68. The van der Waals surface area contributed by atoms with Crippen LogP contribution in [-0.4, -0.2) is 43.2 Å². The van der Waals surface area contributed by atoms with E-state index in [2.05, 4.69) is 10.2 Å². The normalized spacial score (nSPS) is 19.4. The largest absolute Gasteiger partial charge is 0.377 e. The van der Waals surface area contributed by atoms with E-state index < -0.39 is 0 Å². The van der Waals surface area contributed by atoms with Gasteiger partial charge >= 0.3 is 0 Å². The van der Waals surface area contributed by atoms with Gasteiger partial charge in [0.15, 0.2) is 0 Å². The second kappa shape index (κ2) is 8.12. The van der Waals surface area contributed by atoms with Gasteiger partial charge in [-0.25, -0.2) is 0 Å². The topological polar surface area (TPSA) is 67.6 Å². The third-order valence-electron chi connectivity index (χ3n) is 3.68. The smallest absolute Gasteiger partial charge is 0.238 e. The molecule has 1 unspecified atom stereocenters. The van der Waals surface area contributed by atoms with E-state index in [0.29, 0.717) is 13.1 Å². The molecule has 3 N–H and O–H groups in total. The summed E-state index contributed by atoms with van der Waals surface area (Å²) < 4.78 is 5.66. The van der Waals surface area contributed by atoms with Crippen molar-refractivity contribution in [3.8, 4) is 0 Å². The minimum absolute atomic E-state index is 0.0151. The van der Waals surface area contributed by atoms with Gasteiger partial charge in [0.25, 0.3) is 0 Å². The molecule has 0 aromatic heterocycles. The minimum atomic E-state index is 0.0151. The van der Waals surface area contributed by atoms with E-state index in [4.69, 9.17) is 10.5 Å². The molecule has 116 valence electrons. The zero-order chi connectivity index (χ0) is 15.1. The first-order valence-corrected chi connectivity index (χ1v) is 7.64. The van der Waals surface area contributed by atoms with E-state index in [1.165, 1.54) is 0 Å². The van der Waals surface area contributed by atoms with Gasteiger partial charge in [-0.05, 0) is 44.0 Å². The van der Waals surface area contributed by atoms with Crippen molar-refractivity contribution in [2.75, 3.05) is 31.6 Å². The maximum atomic E-state index is 12.1. The molecular formula is C16H25N3O2. The van der Waals surface area contributed by atoms with Crippen LogP contribution >= 0.6 is 0 Å². The Morgan fingerprint density at radius 2 is 2.38 bits per heavy atom. The van der Waals surface area contributed by atoms with Crippen LogP contribution in [0.1, 0.15) is 25.3 Å². The van der Waals surface area contributed by atoms with Crippen LogP contribution in [0.5, 0.6) is 0 Å². The second-order valence-corrected chi connectivity index (χ2v) is 5.41. The number of nitrogens with one attached hydrogen (secondary N) is 1. The Morgan fingerprint density at radius 3 is 3.14 bits per heavy atom. The lowest BCUT2D eigenvalue weighted by molar-refractivity contribution is -0.118. The van der Waals surface area contributed by atoms with Gasteiger partial charge in [0.2, 0.25) is 5.91 Å². The molecule has 1 saturated heterocycles. The number of likely N-dealkylation sites (tertiary alicyclic amines) is 1. The molecule has 1 atom stereocenters. The lowest BCUT2D eigenvalue weighted by atomic mass is 10.1. The SMILES string of the molecule is CCOC1CCCN(CC(=O)Nc2cccc(CN)c2)C1. The summed E-state index contributed by atoms with van der Waals surface area (Å²) >= 11 is 0. The van der Waals surface area contributed by atoms with Crippen molar-refractivity contribution >= 4 is 11.6 Å². The van der Waals surface area contributed by atoms with Gasteiger partial charge in [-0.3, -0.25) is 9.69 Å². The Hall–Kier alpha value is -1.43. The van der Waals surface area contributed by atoms with Crippen LogP contribution < -0.4 is 11.1 Å². The first-order chi connectivity index (χ1) is 10.2. The van der Waals surface area contributed by atoms with Gasteiger partial charge in [0.1, 0.15) is 0 Å². The summed E-state index contributed by atoms with van der Waals surface area (Å²) in [6, 6.07) is 7.66. The van der Waals surface area contributed by atoms with Crippen LogP contribution in [0.3, 0.4) is 0 Å². The summed E-state index contributed by atoms with van der Waals surface area (Å²) in [5, 5.41) is 2.93. The number of anilines is 1. The zero-order valence-corrected chi connectivity index (χ0v) is 12.7. The molecule has 0 aliphatic carbocycles. The monoisotopic (exact) mass is 291 g/mol. The van der Waals surface area contributed by atoms with E-state index in [9.17, 15) is 4.79 Å². The van der Waals surface area contributed by atoms with Gasteiger partial charge in [-0.1, -0.05) is 12.1 Å². The molecule has 1 aliphatic heterocycles. The molecule has 1 heterocycles. The van der Waals surface area contributed by atoms with Crippen LogP contribution in [0.2, 0.25) is 0 Å². The second-order valence-electron chi connectivity index (χ2n) is 5.41. The summed E-state index contributed by atoms with van der Waals surface area (Å²) in [5.74, 6) is 0.0151. The standard InChI is InChI=1S/C16H25N3O2/c1-2-21-15-7-4-8-19(11-15)12-16(20)18-14-6-3-5-13(9-14)10-17/h3,5-6,9,15H,2,4,7-8,10-12,17H2,1H3,(H,18,20). The summed E-state index contributed by atoms with van der Waals surface area (Å²) in [5.41, 5.74) is 7.43. The summed E-state index contributed by atoms with van der Waals surface area (Å²) in [6.07, 6.45) is 2.43. The predicted octanol–water partition coefficient (Wildman–Crippen LogP) is 1.58. The number of nitrogens with two attached hydrogens (primary N) is 1. The van der Waals surface area contributed by atoms with E-state index in [0.717, 1.165) is 43.8 Å². The molecule has 5 nitrogen and oxygen atoms in total. The van der Waals surface area contributed by atoms with Crippen molar-refractivity contribution in [1.82, 2.24) is 4.90 Å². The number of piperidine rings is 1. The molecule has 0 saturated carbocycles. The maximum Gasteiger partial charge on any atom is 0.238 e. The Morgan fingerprint density at radius 1 is 1.52 bits per heavy atom. The number of carbonyl (C=O) groups excluding carboxylic acids is 1. The van der Waals surface area contributed by atoms with Crippen molar-refractivity contribution in [2.45, 2.75) is 32.4 Å². The van der Waals surface area contributed by atoms with Crippen molar-refractivity contribution in [2.24, 2.45) is 5.73 Å². The highest BCUT2D eigenvalue weighted by molar-refractivity contribution is 5.92.